The quantitative estimate of drug-likeness (QED) is 0.873. The summed E-state index contributed by atoms with van der Waals surface area (Å²) in [6, 6.07) is 10.3. The van der Waals surface area contributed by atoms with Gasteiger partial charge in [0.1, 0.15) is 6.04 Å². The maximum Gasteiger partial charge on any atom is 0.114 e. The molecule has 0 spiro atoms. The summed E-state index contributed by atoms with van der Waals surface area (Å²) in [5.74, 6) is 0.728. The van der Waals surface area contributed by atoms with Gasteiger partial charge < -0.3 is 5.32 Å². The summed E-state index contributed by atoms with van der Waals surface area (Å²) in [6.45, 7) is 0. The topological polar surface area (TPSA) is 35.8 Å². The van der Waals surface area contributed by atoms with Crippen LogP contribution in [0.5, 0.6) is 0 Å². The minimum atomic E-state index is -0.0609. The van der Waals surface area contributed by atoms with Gasteiger partial charge in [0.05, 0.1) is 6.07 Å². The van der Waals surface area contributed by atoms with Crippen molar-refractivity contribution < 1.29 is 0 Å². The summed E-state index contributed by atoms with van der Waals surface area (Å²) in [7, 11) is 0. The van der Waals surface area contributed by atoms with Gasteiger partial charge in [-0.1, -0.05) is 48.0 Å². The molecule has 0 aliphatic heterocycles. The maximum absolute atomic E-state index is 9.25. The Morgan fingerprint density at radius 1 is 1.22 bits per heavy atom. The molecular weight excluding hydrogens is 288 g/mol. The monoisotopic (exact) mass is 306 g/mol. The first-order valence-corrected chi connectivity index (χ1v) is 7.49. The van der Waals surface area contributed by atoms with Gasteiger partial charge in [-0.15, -0.1) is 0 Å². The third-order valence-corrected chi connectivity index (χ3v) is 4.16. The maximum atomic E-state index is 9.25. The summed E-state index contributed by atoms with van der Waals surface area (Å²) >= 11 is 3.42. The molecule has 0 amide bonds. The fourth-order valence-corrected chi connectivity index (χ4v) is 2.91. The molecule has 1 fully saturated rings. The van der Waals surface area contributed by atoms with Gasteiger partial charge in [-0.3, -0.25) is 0 Å². The van der Waals surface area contributed by atoms with Crippen molar-refractivity contribution >= 4 is 21.6 Å². The molecule has 0 aromatic heterocycles. The second-order valence-electron chi connectivity index (χ2n) is 5.07. The molecule has 2 nitrogen and oxygen atoms in total. The van der Waals surface area contributed by atoms with Crippen LogP contribution >= 0.6 is 15.9 Å². The smallest absolute Gasteiger partial charge is 0.114 e. The van der Waals surface area contributed by atoms with Crippen molar-refractivity contribution in [3.8, 4) is 6.07 Å². The minimum absolute atomic E-state index is 0.0609. The zero-order valence-corrected chi connectivity index (χ0v) is 12.1. The first kappa shape index (κ1) is 13.4. The highest BCUT2D eigenvalue weighted by atomic mass is 79.9. The van der Waals surface area contributed by atoms with Gasteiger partial charge in [0, 0.05) is 10.2 Å². The second kappa shape index (κ2) is 6.80. The molecule has 1 atom stereocenters. The van der Waals surface area contributed by atoms with E-state index in [4.69, 9.17) is 0 Å². The Morgan fingerprint density at radius 3 is 2.50 bits per heavy atom. The largest absolute Gasteiger partial charge is 0.370 e. The number of rotatable bonds is 4. The molecule has 1 aromatic carbocycles. The van der Waals surface area contributed by atoms with Crippen LogP contribution in [0.15, 0.2) is 28.7 Å². The van der Waals surface area contributed by atoms with Gasteiger partial charge in [-0.05, 0) is 36.6 Å². The van der Waals surface area contributed by atoms with Gasteiger partial charge >= 0.3 is 0 Å². The minimum Gasteiger partial charge on any atom is -0.370 e. The third-order valence-electron chi connectivity index (χ3n) is 3.63. The Labute approximate surface area is 118 Å². The second-order valence-corrected chi connectivity index (χ2v) is 5.99. The molecule has 96 valence electrons. The predicted molar refractivity (Wildman–Crippen MR) is 78.4 cm³/mol. The molecule has 18 heavy (non-hydrogen) atoms. The van der Waals surface area contributed by atoms with Crippen LogP contribution < -0.4 is 5.32 Å². The molecule has 2 rings (SSSR count). The van der Waals surface area contributed by atoms with Gasteiger partial charge in [-0.2, -0.15) is 5.26 Å². The zero-order valence-electron chi connectivity index (χ0n) is 10.5. The van der Waals surface area contributed by atoms with E-state index in [1.807, 2.05) is 24.3 Å². The van der Waals surface area contributed by atoms with Crippen molar-refractivity contribution in [1.29, 1.82) is 5.26 Å². The molecule has 1 N–H and O–H groups in total. The molecule has 1 unspecified atom stereocenters. The fraction of sp³-hybridized carbons (Fsp3) is 0.533. The lowest BCUT2D eigenvalue weighted by atomic mass is 9.85. The number of benzene rings is 1. The average Bonchev–Trinajstić information content (AvgIpc) is 2.41. The van der Waals surface area contributed by atoms with Crippen LogP contribution in [0, 0.1) is 17.2 Å². The summed E-state index contributed by atoms with van der Waals surface area (Å²) in [5.41, 5.74) is 1.03. The Hall–Kier alpha value is -1.01. The fourth-order valence-electron chi connectivity index (χ4n) is 2.65. The van der Waals surface area contributed by atoms with Crippen molar-refractivity contribution in [2.45, 2.75) is 44.6 Å². The summed E-state index contributed by atoms with van der Waals surface area (Å²) in [6.07, 6.45) is 7.60. The molecule has 1 saturated carbocycles. The van der Waals surface area contributed by atoms with Crippen LogP contribution in [0.3, 0.4) is 0 Å². The zero-order chi connectivity index (χ0) is 12.8. The van der Waals surface area contributed by atoms with Gasteiger partial charge in [0.15, 0.2) is 0 Å². The normalized spacial score (nSPS) is 18.0. The molecule has 0 saturated heterocycles. The number of hydrogen-bond donors (Lipinski definition) is 1. The summed E-state index contributed by atoms with van der Waals surface area (Å²) in [5, 5.41) is 12.6. The van der Waals surface area contributed by atoms with Crippen LogP contribution in [-0.4, -0.2) is 6.04 Å². The van der Waals surface area contributed by atoms with Gasteiger partial charge in [0.25, 0.3) is 0 Å². The lowest BCUT2D eigenvalue weighted by Crippen LogP contribution is -2.22. The Bertz CT molecular complexity index is 401. The first-order chi connectivity index (χ1) is 8.78. The van der Waals surface area contributed by atoms with Crippen molar-refractivity contribution in [2.75, 3.05) is 5.32 Å². The van der Waals surface area contributed by atoms with Crippen molar-refractivity contribution in [1.82, 2.24) is 0 Å². The van der Waals surface area contributed by atoms with Crippen LogP contribution in [0.1, 0.15) is 38.5 Å². The Balaban J connectivity index is 1.88. The van der Waals surface area contributed by atoms with Crippen molar-refractivity contribution in [3.63, 3.8) is 0 Å². The highest BCUT2D eigenvalue weighted by Crippen LogP contribution is 2.28. The molecule has 0 bridgehead atoms. The first-order valence-electron chi connectivity index (χ1n) is 6.69. The number of nitrogens with one attached hydrogen (secondary N) is 1. The van der Waals surface area contributed by atoms with E-state index in [1.165, 1.54) is 32.1 Å². The van der Waals surface area contributed by atoms with E-state index in [2.05, 4.69) is 27.3 Å². The third kappa shape index (κ3) is 4.03. The highest BCUT2D eigenvalue weighted by Gasteiger charge is 2.18. The van der Waals surface area contributed by atoms with Crippen LogP contribution in [-0.2, 0) is 0 Å². The predicted octanol–water partition coefficient (Wildman–Crippen LogP) is 4.72. The van der Waals surface area contributed by atoms with Crippen molar-refractivity contribution in [3.05, 3.63) is 28.7 Å². The number of hydrogen-bond acceptors (Lipinski definition) is 2. The Kier molecular flexibility index (Phi) is 5.07. The van der Waals surface area contributed by atoms with Gasteiger partial charge in [0.2, 0.25) is 0 Å². The lowest BCUT2D eigenvalue weighted by Gasteiger charge is -2.24. The van der Waals surface area contributed by atoms with Crippen LogP contribution in [0.2, 0.25) is 0 Å². The summed E-state index contributed by atoms with van der Waals surface area (Å²) < 4.78 is 1.06. The van der Waals surface area contributed by atoms with E-state index >= 15 is 0 Å². The lowest BCUT2D eigenvalue weighted by molar-refractivity contribution is 0.335. The highest BCUT2D eigenvalue weighted by molar-refractivity contribution is 9.10. The van der Waals surface area contributed by atoms with Crippen LogP contribution in [0.25, 0.3) is 0 Å². The molecular formula is C15H19BrN2. The van der Waals surface area contributed by atoms with E-state index in [0.717, 1.165) is 22.5 Å². The summed E-state index contributed by atoms with van der Waals surface area (Å²) in [4.78, 5) is 0. The molecule has 1 aliphatic rings. The van der Waals surface area contributed by atoms with Crippen molar-refractivity contribution in [2.24, 2.45) is 5.92 Å². The van der Waals surface area contributed by atoms with Crippen LogP contribution in [0.4, 0.5) is 5.69 Å². The number of halogens is 1. The van der Waals surface area contributed by atoms with E-state index in [9.17, 15) is 5.26 Å². The van der Waals surface area contributed by atoms with E-state index < -0.39 is 0 Å². The van der Waals surface area contributed by atoms with E-state index in [1.54, 1.807) is 0 Å². The van der Waals surface area contributed by atoms with E-state index in [-0.39, 0.29) is 6.04 Å². The standard InChI is InChI=1S/C15H19BrN2/c16-13-6-8-14(9-7-13)18-15(11-17)10-12-4-2-1-3-5-12/h6-9,12,15,18H,1-5,10H2. The molecule has 3 heteroatoms. The molecule has 0 radical (unpaired) electrons. The molecule has 1 aromatic rings. The van der Waals surface area contributed by atoms with E-state index in [0.29, 0.717) is 0 Å². The SMILES string of the molecule is N#CC(CC1CCCCC1)Nc1ccc(Br)cc1. The number of anilines is 1. The number of nitrogens with zero attached hydrogens (tertiary/aromatic N) is 1. The van der Waals surface area contributed by atoms with Gasteiger partial charge in [-0.25, -0.2) is 0 Å². The average molecular weight is 307 g/mol. The Morgan fingerprint density at radius 2 is 1.89 bits per heavy atom. The number of nitriles is 1. The molecule has 0 heterocycles. The molecule has 1 aliphatic carbocycles.